The summed E-state index contributed by atoms with van der Waals surface area (Å²) in [5, 5.41) is -4.00. The molecule has 1 fully saturated rings. The molecule has 0 heterocycles. The van der Waals surface area contributed by atoms with Gasteiger partial charge in [-0.3, -0.25) is 0 Å². The summed E-state index contributed by atoms with van der Waals surface area (Å²) in [5.74, 6) is 0.725. The molecule has 0 aromatic heterocycles. The van der Waals surface area contributed by atoms with Gasteiger partial charge in [-0.15, -0.1) is 0 Å². The Hall–Kier alpha value is -0.875. The van der Waals surface area contributed by atoms with Crippen LogP contribution in [0.1, 0.15) is 49.7 Å². The summed E-state index contributed by atoms with van der Waals surface area (Å²) in [6.45, 7) is 1.55. The van der Waals surface area contributed by atoms with Crippen LogP contribution in [0.25, 0.3) is 0 Å². The second-order valence-electron chi connectivity index (χ2n) is 9.33. The Morgan fingerprint density at radius 2 is 1.88 bits per heavy atom. The molecule has 0 aliphatic heterocycles. The largest absolute Gasteiger partial charge is 0.501 e. The van der Waals surface area contributed by atoms with E-state index in [1.54, 1.807) is 13.2 Å². The molecular formula is C22H28B5F2NO2. The molecule has 3 nitrogen and oxygen atoms in total. The van der Waals surface area contributed by atoms with E-state index >= 15 is 0 Å². The van der Waals surface area contributed by atoms with Crippen LogP contribution in [0.5, 0.6) is 5.75 Å². The van der Waals surface area contributed by atoms with Crippen molar-refractivity contribution in [2.24, 2.45) is 5.92 Å². The van der Waals surface area contributed by atoms with E-state index < -0.39 is 17.1 Å². The molecule has 0 saturated heterocycles. The van der Waals surface area contributed by atoms with Crippen LogP contribution in [0.15, 0.2) is 18.2 Å². The predicted molar refractivity (Wildman–Crippen MR) is 127 cm³/mol. The van der Waals surface area contributed by atoms with Crippen LogP contribution < -0.4 is 4.74 Å². The molecule has 0 bridgehead atoms. The van der Waals surface area contributed by atoms with Crippen molar-refractivity contribution in [2.45, 2.75) is 67.4 Å². The van der Waals surface area contributed by atoms with Gasteiger partial charge in [-0.2, -0.15) is 0 Å². The average Bonchev–Trinajstić information content (AvgIpc) is 2.72. The van der Waals surface area contributed by atoms with Crippen molar-refractivity contribution < 1.29 is 18.3 Å². The van der Waals surface area contributed by atoms with Gasteiger partial charge in [0.05, 0.1) is 35.5 Å². The first-order valence-corrected chi connectivity index (χ1v) is 11.3. The maximum Gasteiger partial charge on any atom is 0.259 e. The molecule has 2 aliphatic carbocycles. The number of aryl methyl sites for hydroxylation is 1. The number of alkyl halides is 2. The highest BCUT2D eigenvalue weighted by Crippen LogP contribution is 2.53. The molecule has 0 spiro atoms. The monoisotopic (exact) mass is 431 g/mol. The number of benzene rings is 1. The van der Waals surface area contributed by atoms with E-state index in [0.29, 0.717) is 25.6 Å². The van der Waals surface area contributed by atoms with E-state index in [1.807, 2.05) is 17.0 Å². The summed E-state index contributed by atoms with van der Waals surface area (Å²) in [4.78, 5) is 1.83. The number of ether oxygens (including phenoxy) is 2. The summed E-state index contributed by atoms with van der Waals surface area (Å²) in [6.07, 6.45) is 4.18. The molecule has 1 aromatic rings. The van der Waals surface area contributed by atoms with Gasteiger partial charge < -0.3 is 14.4 Å². The Labute approximate surface area is 197 Å². The van der Waals surface area contributed by atoms with Crippen LogP contribution in [0.4, 0.5) is 8.78 Å². The molecule has 1 aromatic carbocycles. The second-order valence-corrected chi connectivity index (χ2v) is 9.33. The fourth-order valence-electron chi connectivity index (χ4n) is 5.46. The predicted octanol–water partition coefficient (Wildman–Crippen LogP) is 2.15. The Morgan fingerprint density at radius 3 is 2.53 bits per heavy atom. The highest BCUT2D eigenvalue weighted by molar-refractivity contribution is 6.59. The standard InChI is InChI=1S/C22H28B5F2NO2/c1-31-13-12-30(22(25,26)27)11-10-20-9-3-2-4-16(20)7-5-15-6-8-17(14-18(15)20)32-21(23,24)19(28)29/h6,8,14,16,19H,2-5,7,9-13H2,1H3/t16-,20+/m1/s1. The third kappa shape index (κ3) is 5.60. The molecule has 0 amide bonds. The van der Waals surface area contributed by atoms with E-state index in [2.05, 4.69) is 0 Å². The van der Waals surface area contributed by atoms with Crippen molar-refractivity contribution in [2.75, 3.05) is 26.8 Å². The minimum absolute atomic E-state index is 0.140. The van der Waals surface area contributed by atoms with E-state index in [9.17, 15) is 8.78 Å². The van der Waals surface area contributed by atoms with Gasteiger partial charge in [0, 0.05) is 13.7 Å². The van der Waals surface area contributed by atoms with E-state index in [4.69, 9.17) is 48.7 Å². The first-order valence-electron chi connectivity index (χ1n) is 11.3. The first-order chi connectivity index (χ1) is 15.0. The maximum absolute atomic E-state index is 13.2. The zero-order valence-electron chi connectivity index (χ0n) is 18.9. The highest BCUT2D eigenvalue weighted by Gasteiger charge is 2.46. The number of fused-ring (bicyclic) bond motifs is 3. The minimum atomic E-state index is -3.02. The zero-order chi connectivity index (χ0) is 23.6. The van der Waals surface area contributed by atoms with Crippen molar-refractivity contribution >= 4 is 39.2 Å². The van der Waals surface area contributed by atoms with Gasteiger partial charge in [0.25, 0.3) is 6.43 Å². The van der Waals surface area contributed by atoms with Gasteiger partial charge in [0.15, 0.2) is 0 Å². The van der Waals surface area contributed by atoms with Crippen molar-refractivity contribution in [1.29, 1.82) is 0 Å². The third-order valence-electron chi connectivity index (χ3n) is 7.16. The number of nitrogens with zero attached hydrogens (tertiary/aromatic N) is 1. The van der Waals surface area contributed by atoms with E-state index in [-0.39, 0.29) is 11.2 Å². The Kier molecular flexibility index (Phi) is 8.18. The lowest BCUT2D eigenvalue weighted by Crippen LogP contribution is -2.54. The fraction of sp³-hybridized carbons (Fsp3) is 0.727. The summed E-state index contributed by atoms with van der Waals surface area (Å²) >= 11 is 0. The molecule has 2 atom stereocenters. The van der Waals surface area contributed by atoms with E-state index in [0.717, 1.165) is 44.1 Å². The molecule has 0 N–H and O–H groups in total. The zero-order valence-corrected chi connectivity index (χ0v) is 18.9. The van der Waals surface area contributed by atoms with Crippen molar-refractivity contribution in [3.8, 4) is 5.75 Å². The van der Waals surface area contributed by atoms with E-state index in [1.165, 1.54) is 12.0 Å². The topological polar surface area (TPSA) is 21.7 Å². The SMILES string of the molecule is [B]C([B])(Oc1ccc2c(c1)[C@]1(CCN(CCOC)C([B])([B])[B])CCCC[C@@H]1CC2)C(F)F. The van der Waals surface area contributed by atoms with Gasteiger partial charge in [0.1, 0.15) is 21.4 Å². The Morgan fingerprint density at radius 1 is 1.12 bits per heavy atom. The summed E-state index contributed by atoms with van der Waals surface area (Å²) in [5.41, 5.74) is 2.19. The molecule has 32 heavy (non-hydrogen) atoms. The summed E-state index contributed by atoms with van der Waals surface area (Å²) < 4.78 is 36.9. The molecule has 1 saturated carbocycles. The Balaban J connectivity index is 1.93. The van der Waals surface area contributed by atoms with Gasteiger partial charge in [-0.1, -0.05) is 24.1 Å². The molecule has 0 unspecified atom stereocenters. The fourth-order valence-corrected chi connectivity index (χ4v) is 5.46. The van der Waals surface area contributed by atoms with Crippen LogP contribution in [-0.4, -0.2) is 88.0 Å². The normalized spacial score (nSPS) is 23.7. The van der Waals surface area contributed by atoms with Gasteiger partial charge in [-0.05, 0) is 73.2 Å². The second kappa shape index (κ2) is 10.2. The Bertz CT molecular complexity index is 777. The summed E-state index contributed by atoms with van der Waals surface area (Å²) in [7, 11) is 30.6. The molecule has 2 aliphatic rings. The maximum atomic E-state index is 13.2. The van der Waals surface area contributed by atoms with Crippen molar-refractivity contribution in [3.63, 3.8) is 0 Å². The first kappa shape index (κ1) is 25.7. The van der Waals surface area contributed by atoms with Gasteiger partial charge in [0.2, 0.25) is 0 Å². The smallest absolute Gasteiger partial charge is 0.259 e. The number of rotatable bonds is 10. The molecule has 10 radical (unpaired) electrons. The van der Waals surface area contributed by atoms with Crippen molar-refractivity contribution in [1.82, 2.24) is 4.90 Å². The molecule has 3 rings (SSSR count). The lowest BCUT2D eigenvalue weighted by atomic mass is 9.48. The number of hydrogen-bond donors (Lipinski definition) is 0. The van der Waals surface area contributed by atoms with Gasteiger partial charge >= 0.3 is 0 Å². The minimum Gasteiger partial charge on any atom is -0.501 e. The van der Waals surface area contributed by atoms with Crippen LogP contribution in [0, 0.1) is 5.92 Å². The van der Waals surface area contributed by atoms with Crippen LogP contribution in [0.3, 0.4) is 0 Å². The van der Waals surface area contributed by atoms with Crippen LogP contribution >= 0.6 is 0 Å². The highest BCUT2D eigenvalue weighted by atomic mass is 19.3. The van der Waals surface area contributed by atoms with Crippen LogP contribution in [0.2, 0.25) is 0 Å². The van der Waals surface area contributed by atoms with Crippen LogP contribution in [-0.2, 0) is 16.6 Å². The lowest BCUT2D eigenvalue weighted by molar-refractivity contribution is 0.0310. The average molecular weight is 431 g/mol. The third-order valence-corrected chi connectivity index (χ3v) is 7.16. The van der Waals surface area contributed by atoms with Crippen molar-refractivity contribution in [3.05, 3.63) is 29.3 Å². The summed E-state index contributed by atoms with van der Waals surface area (Å²) in [6, 6.07) is 5.46. The molecule has 162 valence electrons. The number of hydrogen-bond acceptors (Lipinski definition) is 3. The molecular weight excluding hydrogens is 402 g/mol. The number of methoxy groups -OCH3 is 1. The quantitative estimate of drug-likeness (QED) is 0.531. The number of halogens is 2. The lowest BCUT2D eigenvalue weighted by Gasteiger charge is -2.51. The molecule has 10 heteroatoms. The van der Waals surface area contributed by atoms with Gasteiger partial charge in [-0.25, -0.2) is 8.78 Å².